The molecule has 0 aromatic rings. The van der Waals surface area contributed by atoms with E-state index in [1.807, 2.05) is 0 Å². The van der Waals surface area contributed by atoms with Gasteiger partial charge in [0.05, 0.1) is 12.6 Å². The average molecular weight is 171 g/mol. The van der Waals surface area contributed by atoms with Crippen LogP contribution in [0, 0.1) is 0 Å². The molecule has 0 bridgehead atoms. The van der Waals surface area contributed by atoms with E-state index in [4.69, 9.17) is 0 Å². The molecule has 1 amide bonds. The number of alkyl carbamates (subject to hydrolysis) is 1. The van der Waals surface area contributed by atoms with Crippen molar-refractivity contribution < 1.29 is 14.3 Å². The minimum atomic E-state index is -0.524. The van der Waals surface area contributed by atoms with E-state index in [-0.39, 0.29) is 12.5 Å². The van der Waals surface area contributed by atoms with Gasteiger partial charge >= 0.3 is 6.09 Å². The summed E-state index contributed by atoms with van der Waals surface area (Å²) < 4.78 is 4.61. The van der Waals surface area contributed by atoms with Crippen LogP contribution in [0.2, 0.25) is 0 Å². The fraction of sp³-hybridized carbons (Fsp3) is 0.500. The molecule has 0 aliphatic carbocycles. The van der Waals surface area contributed by atoms with Gasteiger partial charge in [-0.3, -0.25) is 0 Å². The van der Waals surface area contributed by atoms with Crippen molar-refractivity contribution in [3.8, 4) is 0 Å². The molecule has 68 valence electrons. The highest BCUT2D eigenvalue weighted by molar-refractivity contribution is 5.68. The highest BCUT2D eigenvalue weighted by Gasteiger charge is 2.07. The first-order valence-corrected chi connectivity index (χ1v) is 3.74. The predicted molar refractivity (Wildman–Crippen MR) is 44.8 cm³/mol. The molecule has 0 aliphatic rings. The Morgan fingerprint density at radius 2 is 2.42 bits per heavy atom. The summed E-state index contributed by atoms with van der Waals surface area (Å²) in [6, 6.07) is -0.332. The van der Waals surface area contributed by atoms with Gasteiger partial charge in [-0.1, -0.05) is 6.08 Å². The maximum atomic E-state index is 10.8. The molecule has 1 unspecified atom stereocenters. The molecule has 0 heterocycles. The number of hydrogen-bond acceptors (Lipinski definition) is 3. The summed E-state index contributed by atoms with van der Waals surface area (Å²) in [5, 5.41) is 2.46. The van der Waals surface area contributed by atoms with Gasteiger partial charge in [0.15, 0.2) is 0 Å². The van der Waals surface area contributed by atoms with Gasteiger partial charge in [-0.2, -0.15) is 0 Å². The van der Waals surface area contributed by atoms with E-state index >= 15 is 0 Å². The predicted octanol–water partition coefficient (Wildman–Crippen LogP) is 0.876. The highest BCUT2D eigenvalue weighted by atomic mass is 16.5. The Hall–Kier alpha value is -1.32. The van der Waals surface area contributed by atoms with Crippen molar-refractivity contribution in [2.75, 3.05) is 6.61 Å². The molecule has 0 radical (unpaired) electrons. The van der Waals surface area contributed by atoms with E-state index < -0.39 is 6.09 Å². The Morgan fingerprint density at radius 1 is 1.75 bits per heavy atom. The Bertz CT molecular complexity index is 168. The molecule has 0 aromatic heterocycles. The molecule has 0 fully saturated rings. The fourth-order valence-electron chi connectivity index (χ4n) is 0.642. The van der Waals surface area contributed by atoms with Crippen LogP contribution >= 0.6 is 0 Å². The van der Waals surface area contributed by atoms with E-state index in [9.17, 15) is 9.59 Å². The van der Waals surface area contributed by atoms with Crippen molar-refractivity contribution in [1.29, 1.82) is 0 Å². The van der Waals surface area contributed by atoms with Crippen molar-refractivity contribution in [3.05, 3.63) is 12.7 Å². The third-order valence-electron chi connectivity index (χ3n) is 1.21. The number of nitrogens with one attached hydrogen (secondary N) is 1. The van der Waals surface area contributed by atoms with Gasteiger partial charge in [0.1, 0.15) is 6.29 Å². The Balaban J connectivity index is 3.76. The van der Waals surface area contributed by atoms with Crippen molar-refractivity contribution in [2.45, 2.75) is 19.4 Å². The van der Waals surface area contributed by atoms with E-state index in [1.54, 1.807) is 6.92 Å². The molecule has 1 atom stereocenters. The van der Waals surface area contributed by atoms with E-state index in [1.165, 1.54) is 6.08 Å². The zero-order valence-corrected chi connectivity index (χ0v) is 7.08. The molecule has 4 nitrogen and oxygen atoms in total. The van der Waals surface area contributed by atoms with Crippen molar-refractivity contribution in [3.63, 3.8) is 0 Å². The van der Waals surface area contributed by atoms with Crippen LogP contribution in [0.25, 0.3) is 0 Å². The molecule has 0 rings (SSSR count). The number of aldehydes is 1. The first-order chi connectivity index (χ1) is 5.74. The number of rotatable bonds is 5. The third kappa shape index (κ3) is 4.49. The smallest absolute Gasteiger partial charge is 0.407 e. The zero-order valence-electron chi connectivity index (χ0n) is 7.08. The summed E-state index contributed by atoms with van der Waals surface area (Å²) in [5.74, 6) is 0. The Kier molecular flexibility index (Phi) is 5.69. The van der Waals surface area contributed by atoms with E-state index in [0.717, 1.165) is 6.29 Å². The van der Waals surface area contributed by atoms with Gasteiger partial charge in [-0.05, 0) is 6.92 Å². The first kappa shape index (κ1) is 10.7. The molecule has 0 spiro atoms. The topological polar surface area (TPSA) is 55.4 Å². The van der Waals surface area contributed by atoms with Gasteiger partial charge in [0.2, 0.25) is 0 Å². The highest BCUT2D eigenvalue weighted by Crippen LogP contribution is 1.90. The Labute approximate surface area is 71.6 Å². The summed E-state index contributed by atoms with van der Waals surface area (Å²) in [6.45, 7) is 5.49. The molecule has 0 saturated heterocycles. The Morgan fingerprint density at radius 3 is 2.83 bits per heavy atom. The van der Waals surface area contributed by atoms with Gasteiger partial charge in [-0.25, -0.2) is 4.79 Å². The monoisotopic (exact) mass is 171 g/mol. The molecular formula is C8H13NO3. The van der Waals surface area contributed by atoms with E-state index in [2.05, 4.69) is 16.6 Å². The zero-order chi connectivity index (χ0) is 9.40. The summed E-state index contributed by atoms with van der Waals surface area (Å²) in [5.41, 5.74) is 0. The van der Waals surface area contributed by atoms with Crippen LogP contribution in [0.1, 0.15) is 13.3 Å². The molecule has 4 heteroatoms. The van der Waals surface area contributed by atoms with Crippen LogP contribution in [0.15, 0.2) is 12.7 Å². The maximum absolute atomic E-state index is 10.8. The number of hydrogen-bond donors (Lipinski definition) is 1. The number of carbonyl (C=O) groups excluding carboxylic acids is 2. The lowest BCUT2D eigenvalue weighted by atomic mass is 10.2. The molecule has 0 saturated carbocycles. The quantitative estimate of drug-likeness (QED) is 0.493. The average Bonchev–Trinajstić information content (AvgIpc) is 2.04. The molecule has 1 N–H and O–H groups in total. The van der Waals surface area contributed by atoms with Gasteiger partial charge < -0.3 is 14.8 Å². The van der Waals surface area contributed by atoms with Crippen LogP contribution in [0.5, 0.6) is 0 Å². The van der Waals surface area contributed by atoms with Crippen LogP contribution in [0.3, 0.4) is 0 Å². The maximum Gasteiger partial charge on any atom is 0.407 e. The number of ether oxygens (including phenoxy) is 1. The second kappa shape index (κ2) is 6.39. The van der Waals surface area contributed by atoms with Gasteiger partial charge in [0.25, 0.3) is 0 Å². The minimum Gasteiger partial charge on any atom is -0.450 e. The normalized spacial score (nSPS) is 11.4. The molecule has 12 heavy (non-hydrogen) atoms. The van der Waals surface area contributed by atoms with Crippen LogP contribution < -0.4 is 5.32 Å². The SMILES string of the molecule is C=CC(CC=O)NC(=O)OCC. The fourth-order valence-corrected chi connectivity index (χ4v) is 0.642. The van der Waals surface area contributed by atoms with Crippen LogP contribution in [0.4, 0.5) is 4.79 Å². The molecular weight excluding hydrogens is 158 g/mol. The van der Waals surface area contributed by atoms with Crippen molar-refractivity contribution in [1.82, 2.24) is 5.32 Å². The lowest BCUT2D eigenvalue weighted by Crippen LogP contribution is -2.33. The largest absolute Gasteiger partial charge is 0.450 e. The molecule has 0 aliphatic heterocycles. The summed E-state index contributed by atoms with van der Waals surface area (Å²) in [7, 11) is 0. The number of amides is 1. The van der Waals surface area contributed by atoms with E-state index in [0.29, 0.717) is 6.61 Å². The van der Waals surface area contributed by atoms with Gasteiger partial charge in [-0.15, -0.1) is 6.58 Å². The lowest BCUT2D eigenvalue weighted by molar-refractivity contribution is -0.108. The van der Waals surface area contributed by atoms with Crippen molar-refractivity contribution >= 4 is 12.4 Å². The van der Waals surface area contributed by atoms with Crippen LogP contribution in [-0.4, -0.2) is 25.0 Å². The number of carbonyl (C=O) groups is 2. The summed E-state index contributed by atoms with van der Waals surface area (Å²) in [4.78, 5) is 20.9. The minimum absolute atomic E-state index is 0.225. The van der Waals surface area contributed by atoms with Gasteiger partial charge in [0, 0.05) is 6.42 Å². The van der Waals surface area contributed by atoms with Crippen LogP contribution in [-0.2, 0) is 9.53 Å². The summed E-state index contributed by atoms with van der Waals surface area (Å²) >= 11 is 0. The first-order valence-electron chi connectivity index (χ1n) is 3.74. The third-order valence-corrected chi connectivity index (χ3v) is 1.21. The standard InChI is InChI=1S/C8H13NO3/c1-3-7(5-6-10)9-8(11)12-4-2/h3,6-7H,1,4-5H2,2H3,(H,9,11). The van der Waals surface area contributed by atoms with Crippen molar-refractivity contribution in [2.24, 2.45) is 0 Å². The lowest BCUT2D eigenvalue weighted by Gasteiger charge is -2.10. The molecule has 0 aromatic carbocycles. The summed E-state index contributed by atoms with van der Waals surface area (Å²) in [6.07, 6.45) is 1.91. The second-order valence-electron chi connectivity index (χ2n) is 2.11. The second-order valence-corrected chi connectivity index (χ2v) is 2.11.